The van der Waals surface area contributed by atoms with Crippen LogP contribution >= 0.6 is 31.9 Å². The van der Waals surface area contributed by atoms with E-state index < -0.39 is 6.03 Å². The minimum atomic E-state index is -0.514. The summed E-state index contributed by atoms with van der Waals surface area (Å²) in [5.74, 6) is 0.376. The first-order valence-corrected chi connectivity index (χ1v) is 6.25. The molecule has 0 aliphatic carbocycles. The van der Waals surface area contributed by atoms with E-state index in [1.165, 1.54) is 24.8 Å². The van der Waals surface area contributed by atoms with E-state index in [2.05, 4.69) is 62.4 Å². The molecule has 2 heterocycles. The predicted octanol–water partition coefficient (Wildman–Crippen LogP) is 2.44. The number of carbonyl (C=O) groups excluding carboxylic acids is 1. The van der Waals surface area contributed by atoms with Crippen LogP contribution in [0.1, 0.15) is 0 Å². The lowest BCUT2D eigenvalue weighted by atomic mass is 10.6. The standard InChI is InChI=1S/C9H6Br2N6O/c10-5-1-12-7(13-2-5)16-9(18)17-8-14-3-6(11)4-15-8/h1-4H,(H2,12,13,14,15,16,17,18). The fourth-order valence-corrected chi connectivity index (χ4v) is 1.40. The summed E-state index contributed by atoms with van der Waals surface area (Å²) in [5.41, 5.74) is 0. The van der Waals surface area contributed by atoms with Crippen LogP contribution in [-0.2, 0) is 0 Å². The zero-order chi connectivity index (χ0) is 13.0. The molecule has 0 bridgehead atoms. The Morgan fingerprint density at radius 1 is 0.833 bits per heavy atom. The van der Waals surface area contributed by atoms with Gasteiger partial charge in [-0.3, -0.25) is 10.6 Å². The highest BCUT2D eigenvalue weighted by atomic mass is 79.9. The third-order valence-corrected chi connectivity index (χ3v) is 2.51. The first kappa shape index (κ1) is 12.8. The molecule has 92 valence electrons. The van der Waals surface area contributed by atoms with Gasteiger partial charge in [-0.2, -0.15) is 0 Å². The molecule has 0 fully saturated rings. The van der Waals surface area contributed by atoms with E-state index in [4.69, 9.17) is 0 Å². The van der Waals surface area contributed by atoms with Crippen LogP contribution in [0.4, 0.5) is 16.7 Å². The Hall–Kier alpha value is -1.61. The second-order valence-electron chi connectivity index (χ2n) is 3.03. The minimum absolute atomic E-state index is 0.188. The van der Waals surface area contributed by atoms with Gasteiger partial charge in [-0.15, -0.1) is 0 Å². The van der Waals surface area contributed by atoms with E-state index in [1.54, 1.807) is 0 Å². The molecular weight excluding hydrogens is 368 g/mol. The molecule has 0 aliphatic heterocycles. The van der Waals surface area contributed by atoms with Crippen molar-refractivity contribution >= 4 is 49.8 Å². The average molecular weight is 374 g/mol. The van der Waals surface area contributed by atoms with Gasteiger partial charge in [0.25, 0.3) is 0 Å². The average Bonchev–Trinajstić information content (AvgIpc) is 2.35. The smallest absolute Gasteiger partial charge is 0.276 e. The highest BCUT2D eigenvalue weighted by molar-refractivity contribution is 9.10. The van der Waals surface area contributed by atoms with E-state index in [0.717, 1.165) is 8.95 Å². The monoisotopic (exact) mass is 372 g/mol. The lowest BCUT2D eigenvalue weighted by molar-refractivity contribution is 0.262. The number of anilines is 2. The van der Waals surface area contributed by atoms with Crippen molar-refractivity contribution < 1.29 is 4.79 Å². The van der Waals surface area contributed by atoms with Crippen molar-refractivity contribution in [3.63, 3.8) is 0 Å². The summed E-state index contributed by atoms with van der Waals surface area (Å²) in [4.78, 5) is 27.1. The molecule has 0 saturated carbocycles. The van der Waals surface area contributed by atoms with Gasteiger partial charge in [-0.05, 0) is 31.9 Å². The first-order chi connectivity index (χ1) is 8.63. The van der Waals surface area contributed by atoms with E-state index >= 15 is 0 Å². The quantitative estimate of drug-likeness (QED) is 0.843. The third kappa shape index (κ3) is 3.70. The minimum Gasteiger partial charge on any atom is -0.276 e. The summed E-state index contributed by atoms with van der Waals surface area (Å²) in [6.07, 6.45) is 6.11. The fraction of sp³-hybridized carbons (Fsp3) is 0. The molecular formula is C9H6Br2N6O. The van der Waals surface area contributed by atoms with Gasteiger partial charge in [-0.25, -0.2) is 24.7 Å². The Labute approximate surface area is 119 Å². The maximum Gasteiger partial charge on any atom is 0.328 e. The Bertz CT molecular complexity index is 494. The van der Waals surface area contributed by atoms with Crippen molar-refractivity contribution in [2.75, 3.05) is 10.6 Å². The second-order valence-corrected chi connectivity index (χ2v) is 4.86. The molecule has 7 nitrogen and oxygen atoms in total. The van der Waals surface area contributed by atoms with Crippen molar-refractivity contribution in [2.45, 2.75) is 0 Å². The van der Waals surface area contributed by atoms with Crippen LogP contribution in [0, 0.1) is 0 Å². The Kier molecular flexibility index (Phi) is 4.15. The van der Waals surface area contributed by atoms with Gasteiger partial charge in [0.15, 0.2) is 0 Å². The lowest BCUT2D eigenvalue weighted by Crippen LogP contribution is -2.22. The number of carbonyl (C=O) groups is 1. The van der Waals surface area contributed by atoms with Crippen molar-refractivity contribution in [3.05, 3.63) is 33.7 Å². The number of rotatable bonds is 2. The number of nitrogens with one attached hydrogen (secondary N) is 2. The van der Waals surface area contributed by atoms with Crippen molar-refractivity contribution in [1.29, 1.82) is 0 Å². The molecule has 2 rings (SSSR count). The number of halogens is 2. The first-order valence-electron chi connectivity index (χ1n) is 4.66. The van der Waals surface area contributed by atoms with Crippen LogP contribution in [0.2, 0.25) is 0 Å². The summed E-state index contributed by atoms with van der Waals surface area (Å²) in [6, 6.07) is -0.514. The molecule has 9 heteroatoms. The molecule has 0 spiro atoms. The molecule has 2 aromatic heterocycles. The van der Waals surface area contributed by atoms with Crippen molar-refractivity contribution in [2.24, 2.45) is 0 Å². The van der Waals surface area contributed by atoms with Crippen molar-refractivity contribution in [1.82, 2.24) is 19.9 Å². The molecule has 0 unspecified atom stereocenters. The second kappa shape index (κ2) is 5.83. The normalized spacial score (nSPS) is 9.89. The highest BCUT2D eigenvalue weighted by Crippen LogP contribution is 2.08. The van der Waals surface area contributed by atoms with Crippen molar-refractivity contribution in [3.8, 4) is 0 Å². The van der Waals surface area contributed by atoms with Crippen LogP contribution in [0.15, 0.2) is 33.7 Å². The van der Waals surface area contributed by atoms with Crippen LogP contribution in [0.5, 0.6) is 0 Å². The number of amides is 2. The van der Waals surface area contributed by atoms with Crippen LogP contribution in [0.3, 0.4) is 0 Å². The number of hydrogen-bond donors (Lipinski definition) is 2. The van der Waals surface area contributed by atoms with Gasteiger partial charge in [0, 0.05) is 24.8 Å². The number of hydrogen-bond acceptors (Lipinski definition) is 5. The zero-order valence-corrected chi connectivity index (χ0v) is 11.9. The summed E-state index contributed by atoms with van der Waals surface area (Å²) in [7, 11) is 0. The van der Waals surface area contributed by atoms with E-state index in [1.807, 2.05) is 0 Å². The molecule has 2 aromatic rings. The SMILES string of the molecule is O=C(Nc1ncc(Br)cn1)Nc1ncc(Br)cn1. The van der Waals surface area contributed by atoms with Crippen LogP contribution < -0.4 is 10.6 Å². The molecule has 18 heavy (non-hydrogen) atoms. The molecule has 0 aromatic carbocycles. The summed E-state index contributed by atoms with van der Waals surface area (Å²) in [6.45, 7) is 0. The summed E-state index contributed by atoms with van der Waals surface area (Å²) >= 11 is 6.39. The van der Waals surface area contributed by atoms with E-state index in [0.29, 0.717) is 0 Å². The van der Waals surface area contributed by atoms with Gasteiger partial charge < -0.3 is 0 Å². The maximum absolute atomic E-state index is 11.5. The van der Waals surface area contributed by atoms with Gasteiger partial charge in [0.1, 0.15) is 0 Å². The predicted molar refractivity (Wildman–Crippen MR) is 72.1 cm³/mol. The van der Waals surface area contributed by atoms with Gasteiger partial charge in [-0.1, -0.05) is 0 Å². The Morgan fingerprint density at radius 3 is 1.50 bits per heavy atom. The largest absolute Gasteiger partial charge is 0.328 e. The van der Waals surface area contributed by atoms with Crippen LogP contribution in [-0.4, -0.2) is 26.0 Å². The maximum atomic E-state index is 11.5. The Morgan fingerprint density at radius 2 is 1.17 bits per heavy atom. The van der Waals surface area contributed by atoms with E-state index in [-0.39, 0.29) is 11.9 Å². The molecule has 2 amide bonds. The summed E-state index contributed by atoms with van der Waals surface area (Å²) < 4.78 is 1.45. The fourth-order valence-electron chi connectivity index (χ4n) is 0.988. The van der Waals surface area contributed by atoms with E-state index in [9.17, 15) is 4.79 Å². The number of nitrogens with zero attached hydrogens (tertiary/aromatic N) is 4. The lowest BCUT2D eigenvalue weighted by Gasteiger charge is -2.04. The molecule has 2 N–H and O–H groups in total. The number of aromatic nitrogens is 4. The van der Waals surface area contributed by atoms with Gasteiger partial charge >= 0.3 is 6.03 Å². The molecule has 0 atom stereocenters. The highest BCUT2D eigenvalue weighted by Gasteiger charge is 2.05. The molecule has 0 radical (unpaired) electrons. The molecule has 0 saturated heterocycles. The number of urea groups is 1. The van der Waals surface area contributed by atoms with Gasteiger partial charge in [0.05, 0.1) is 8.95 Å². The topological polar surface area (TPSA) is 92.7 Å². The Balaban J connectivity index is 1.96. The van der Waals surface area contributed by atoms with Crippen LogP contribution in [0.25, 0.3) is 0 Å². The molecule has 0 aliphatic rings. The van der Waals surface area contributed by atoms with Gasteiger partial charge in [0.2, 0.25) is 11.9 Å². The zero-order valence-electron chi connectivity index (χ0n) is 8.76. The summed E-state index contributed by atoms with van der Waals surface area (Å²) in [5, 5.41) is 4.89. The third-order valence-electron chi connectivity index (χ3n) is 1.69.